The Balaban J connectivity index is 0.00000357. The molecule has 5 nitrogen and oxygen atoms in total. The van der Waals surface area contributed by atoms with E-state index in [1.165, 1.54) is 35.0 Å². The minimum atomic E-state index is -0.350. The molecule has 0 saturated heterocycles. The van der Waals surface area contributed by atoms with Crippen LogP contribution in [0.5, 0.6) is 11.5 Å². The van der Waals surface area contributed by atoms with E-state index in [-0.39, 0.29) is 26.9 Å². The molecule has 4 aromatic carbocycles. The summed E-state index contributed by atoms with van der Waals surface area (Å²) in [6.07, 6.45) is 9.73. The molecule has 0 saturated carbocycles. The molecule has 226 valence electrons. The van der Waals surface area contributed by atoms with Crippen LogP contribution in [0.25, 0.3) is 44.4 Å². The van der Waals surface area contributed by atoms with Gasteiger partial charge in [-0.2, -0.15) is 17.2 Å². The Morgan fingerprint density at radius 3 is 2.33 bits per heavy atom. The molecule has 0 spiro atoms. The number of rotatable bonds is 9. The van der Waals surface area contributed by atoms with E-state index in [0.29, 0.717) is 17.3 Å². The van der Waals surface area contributed by atoms with Crippen molar-refractivity contribution in [3.05, 3.63) is 133 Å². The van der Waals surface area contributed by atoms with Gasteiger partial charge in [-0.05, 0) is 52.7 Å². The van der Waals surface area contributed by atoms with Crippen molar-refractivity contribution >= 4 is 21.8 Å². The van der Waals surface area contributed by atoms with Gasteiger partial charge in [-0.1, -0.05) is 68.6 Å². The number of halogens is 1. The summed E-state index contributed by atoms with van der Waals surface area (Å²) in [5.74, 6) is 1.19. The second-order valence-electron chi connectivity index (χ2n) is 10.9. The Bertz CT molecular complexity index is 2090. The van der Waals surface area contributed by atoms with Crippen molar-refractivity contribution in [1.82, 2.24) is 19.3 Å². The first-order valence-corrected chi connectivity index (χ1v) is 15.1. The summed E-state index contributed by atoms with van der Waals surface area (Å²) in [5, 5.41) is 6.72. The summed E-state index contributed by atoms with van der Waals surface area (Å²) in [4.78, 5) is 4.44. The first-order chi connectivity index (χ1) is 21.6. The normalized spacial score (nSPS) is 11.2. The summed E-state index contributed by atoms with van der Waals surface area (Å²) in [5.41, 5.74) is 7.56. The van der Waals surface area contributed by atoms with Crippen LogP contribution in [0.15, 0.2) is 104 Å². The predicted octanol–water partition coefficient (Wildman–Crippen LogP) is 9.47. The van der Waals surface area contributed by atoms with Crippen molar-refractivity contribution in [2.24, 2.45) is 0 Å². The van der Waals surface area contributed by atoms with Gasteiger partial charge in [0.1, 0.15) is 11.6 Å². The molecule has 0 aliphatic carbocycles. The van der Waals surface area contributed by atoms with Gasteiger partial charge in [-0.25, -0.2) is 9.37 Å². The average Bonchev–Trinajstić information content (AvgIpc) is 3.65. The first-order valence-electron chi connectivity index (χ1n) is 15.1. The fourth-order valence-corrected chi connectivity index (χ4v) is 6.00. The third-order valence-electron chi connectivity index (χ3n) is 7.86. The average molecular weight is 774 g/mol. The molecule has 0 unspecified atom stereocenters. The molecule has 0 aliphatic heterocycles. The van der Waals surface area contributed by atoms with E-state index in [0.717, 1.165) is 58.7 Å². The van der Waals surface area contributed by atoms with Gasteiger partial charge in [0.25, 0.3) is 0 Å². The molecular formula is C38H31FN4OPt. The number of fused-ring (bicyclic) bond motifs is 3. The van der Waals surface area contributed by atoms with Crippen LogP contribution in [0.1, 0.15) is 37.8 Å². The van der Waals surface area contributed by atoms with Crippen LogP contribution in [0.4, 0.5) is 4.39 Å². The maximum Gasteiger partial charge on any atom is 2.00 e. The molecule has 3 aromatic heterocycles. The van der Waals surface area contributed by atoms with E-state index < -0.39 is 0 Å². The monoisotopic (exact) mass is 773 g/mol. The fourth-order valence-electron chi connectivity index (χ4n) is 6.00. The number of hydrogen-bond donors (Lipinski definition) is 0. The van der Waals surface area contributed by atoms with Gasteiger partial charge in [0.15, 0.2) is 0 Å². The van der Waals surface area contributed by atoms with E-state index >= 15 is 0 Å². The van der Waals surface area contributed by atoms with Crippen LogP contribution in [0.3, 0.4) is 0 Å². The molecule has 0 N–H and O–H groups in total. The Kier molecular flexibility index (Phi) is 8.95. The molecule has 7 rings (SSSR count). The number of ether oxygens (including phenoxy) is 1. The maximum atomic E-state index is 14.2. The zero-order valence-electron chi connectivity index (χ0n) is 25.0. The van der Waals surface area contributed by atoms with Gasteiger partial charge in [0.05, 0.1) is 6.20 Å². The van der Waals surface area contributed by atoms with Crippen LogP contribution >= 0.6 is 0 Å². The molecule has 0 amide bonds. The molecule has 0 radical (unpaired) electrons. The van der Waals surface area contributed by atoms with E-state index in [9.17, 15) is 4.39 Å². The van der Waals surface area contributed by atoms with Crippen molar-refractivity contribution in [2.45, 2.75) is 39.5 Å². The van der Waals surface area contributed by atoms with Gasteiger partial charge < -0.3 is 9.30 Å². The van der Waals surface area contributed by atoms with E-state index in [1.807, 2.05) is 70.0 Å². The number of benzene rings is 4. The van der Waals surface area contributed by atoms with Crippen molar-refractivity contribution in [2.75, 3.05) is 0 Å². The van der Waals surface area contributed by atoms with E-state index in [2.05, 4.69) is 55.4 Å². The third kappa shape index (κ3) is 5.95. The number of nitrogens with zero attached hydrogens (tertiary/aromatic N) is 4. The standard InChI is InChI=1S/C38H31FN4O.Pt/c1-3-9-26-11-7-12-27(10-4-2)38(26)28-24-41-42(25-28)30-13-8-14-31(22-30)44-32-17-18-34-33-15-5-6-16-35(33)43(36(34)23-32)37-21-29(39)19-20-40-37;/h5-8,11-21,24-25H,3-4,9-10H2,1-2H3;/q-2;+2. The summed E-state index contributed by atoms with van der Waals surface area (Å²) in [7, 11) is 0. The molecule has 45 heavy (non-hydrogen) atoms. The Labute approximate surface area is 276 Å². The number of aromatic nitrogens is 4. The van der Waals surface area contributed by atoms with Crippen LogP contribution in [0.2, 0.25) is 0 Å². The SMILES string of the molecule is CCCc1cccc(CCC)c1-c1cnn(-c2[c-]c(Oc3[c-]c4c(cc3)c3ccccc3n4-c3cc(F)ccn3)ccc2)c1.[Pt+2]. The van der Waals surface area contributed by atoms with Gasteiger partial charge in [-0.3, -0.25) is 4.68 Å². The van der Waals surface area contributed by atoms with Gasteiger partial charge in [0.2, 0.25) is 0 Å². The Morgan fingerprint density at radius 2 is 1.56 bits per heavy atom. The first kappa shape index (κ1) is 30.5. The molecule has 0 atom stereocenters. The van der Waals surface area contributed by atoms with Crippen LogP contribution in [-0.4, -0.2) is 19.3 Å². The van der Waals surface area contributed by atoms with Crippen LogP contribution < -0.4 is 4.74 Å². The van der Waals surface area contributed by atoms with Crippen molar-refractivity contribution in [3.8, 4) is 34.1 Å². The minimum Gasteiger partial charge on any atom is -0.509 e. The number of para-hydroxylation sites is 1. The molecule has 7 heteroatoms. The second kappa shape index (κ2) is 13.2. The van der Waals surface area contributed by atoms with Crippen LogP contribution in [-0.2, 0) is 33.9 Å². The van der Waals surface area contributed by atoms with E-state index in [4.69, 9.17) is 9.84 Å². The molecule has 7 aromatic rings. The fraction of sp³-hybridized carbons (Fsp3) is 0.158. The van der Waals surface area contributed by atoms with Crippen molar-refractivity contribution < 1.29 is 30.2 Å². The topological polar surface area (TPSA) is 44.9 Å². The Morgan fingerprint density at radius 1 is 0.800 bits per heavy atom. The molecule has 0 bridgehead atoms. The largest absolute Gasteiger partial charge is 2.00 e. The van der Waals surface area contributed by atoms with Gasteiger partial charge in [-0.15, -0.1) is 35.7 Å². The molecular weight excluding hydrogens is 743 g/mol. The van der Waals surface area contributed by atoms with Crippen molar-refractivity contribution in [3.63, 3.8) is 0 Å². The molecule has 0 fully saturated rings. The summed E-state index contributed by atoms with van der Waals surface area (Å²) >= 11 is 0. The predicted molar refractivity (Wildman–Crippen MR) is 173 cm³/mol. The number of aryl methyl sites for hydroxylation is 2. The maximum absolute atomic E-state index is 14.2. The summed E-state index contributed by atoms with van der Waals surface area (Å²) in [6, 6.07) is 33.8. The smallest absolute Gasteiger partial charge is 0.509 e. The summed E-state index contributed by atoms with van der Waals surface area (Å²) in [6.45, 7) is 4.43. The zero-order valence-corrected chi connectivity index (χ0v) is 27.3. The molecule has 0 aliphatic rings. The van der Waals surface area contributed by atoms with E-state index in [1.54, 1.807) is 0 Å². The quantitative estimate of drug-likeness (QED) is 0.137. The van der Waals surface area contributed by atoms with Crippen molar-refractivity contribution in [1.29, 1.82) is 0 Å². The zero-order chi connectivity index (χ0) is 30.0. The van der Waals surface area contributed by atoms with Crippen LogP contribution in [0, 0.1) is 17.9 Å². The van der Waals surface area contributed by atoms with Gasteiger partial charge >= 0.3 is 21.1 Å². The molecule has 3 heterocycles. The third-order valence-corrected chi connectivity index (χ3v) is 7.86. The van der Waals surface area contributed by atoms with Gasteiger partial charge in [0, 0.05) is 41.0 Å². The summed E-state index contributed by atoms with van der Waals surface area (Å²) < 4.78 is 24.3. The number of hydrogen-bond acceptors (Lipinski definition) is 3. The minimum absolute atomic E-state index is 0. The Hall–Kier alpha value is -4.54. The number of pyridine rings is 1. The second-order valence-corrected chi connectivity index (χ2v) is 10.9.